The van der Waals surface area contributed by atoms with Crippen LogP contribution in [0.1, 0.15) is 32.6 Å². The molecule has 13 nitrogen and oxygen atoms in total. The van der Waals surface area contributed by atoms with Crippen LogP contribution in [0.5, 0.6) is 0 Å². The van der Waals surface area contributed by atoms with Gasteiger partial charge in [0.05, 0.1) is 43.1 Å². The van der Waals surface area contributed by atoms with Crippen LogP contribution >= 0.6 is 0 Å². The Bertz CT molecular complexity index is 1180. The van der Waals surface area contributed by atoms with Gasteiger partial charge in [0.25, 0.3) is 0 Å². The first-order valence-corrected chi connectivity index (χ1v) is 20.3. The molecule has 0 saturated carbocycles. The Labute approximate surface area is 329 Å². The molecular weight excluding hydrogens is 708 g/mol. The maximum atomic E-state index is 10.7. The number of aliphatic hydroxyl groups is 6. The molecule has 4 aliphatic carbocycles. The summed E-state index contributed by atoms with van der Waals surface area (Å²) in [4.78, 5) is 4.77. The van der Waals surface area contributed by atoms with Crippen LogP contribution in [-0.4, -0.2) is 183 Å². The molecule has 4 aliphatic rings. The number of methoxy groups -OCH3 is 5. The van der Waals surface area contributed by atoms with Gasteiger partial charge in [-0.3, -0.25) is 9.80 Å². The van der Waals surface area contributed by atoms with Crippen molar-refractivity contribution in [2.45, 2.75) is 87.3 Å². The van der Waals surface area contributed by atoms with Crippen molar-refractivity contribution in [3.63, 3.8) is 0 Å². The van der Waals surface area contributed by atoms with Crippen molar-refractivity contribution in [1.29, 1.82) is 0 Å². The van der Waals surface area contributed by atoms with Crippen LogP contribution in [0.3, 0.4) is 0 Å². The molecule has 4 rings (SSSR count). The molecule has 13 heteroatoms. The van der Waals surface area contributed by atoms with Crippen LogP contribution < -0.4 is 0 Å². The van der Waals surface area contributed by atoms with Gasteiger partial charge in [-0.15, -0.1) is 0 Å². The third-order valence-electron chi connectivity index (χ3n) is 13.3. The van der Waals surface area contributed by atoms with E-state index in [1.807, 2.05) is 18.2 Å². The molecule has 16 atom stereocenters. The fraction of sp³-hybridized carbons (Fsp3) is 0.810. The second-order valence-corrected chi connectivity index (χ2v) is 15.8. The highest BCUT2D eigenvalue weighted by Crippen LogP contribution is 2.38. The highest BCUT2D eigenvalue weighted by molar-refractivity contribution is 5.18. The second-order valence-electron chi connectivity index (χ2n) is 15.8. The molecule has 0 heterocycles. The molecule has 0 aromatic rings. The minimum absolute atomic E-state index is 0.0665. The lowest BCUT2D eigenvalue weighted by molar-refractivity contribution is -0.107. The zero-order valence-corrected chi connectivity index (χ0v) is 34.0. The Morgan fingerprint density at radius 3 is 1.33 bits per heavy atom. The van der Waals surface area contributed by atoms with Crippen molar-refractivity contribution < 1.29 is 54.3 Å². The fourth-order valence-corrected chi connectivity index (χ4v) is 10.1. The Morgan fingerprint density at radius 2 is 0.836 bits per heavy atom. The van der Waals surface area contributed by atoms with Crippen molar-refractivity contribution in [3.8, 4) is 0 Å². The normalized spacial score (nSPS) is 39.1. The molecule has 0 spiro atoms. The molecule has 0 saturated heterocycles. The third kappa shape index (κ3) is 10.4. The van der Waals surface area contributed by atoms with Gasteiger partial charge >= 0.3 is 0 Å². The average molecular weight is 781 g/mol. The summed E-state index contributed by atoms with van der Waals surface area (Å²) in [7, 11) is 8.38. The molecule has 0 aromatic heterocycles. The lowest BCUT2D eigenvalue weighted by Crippen LogP contribution is -2.59. The average Bonchev–Trinajstić information content (AvgIpc) is 3.22. The van der Waals surface area contributed by atoms with Gasteiger partial charge in [-0.05, 0) is 31.8 Å². The van der Waals surface area contributed by atoms with E-state index in [0.29, 0.717) is 6.54 Å². The number of unbranched alkanes of at least 4 members (excludes halogenated alkanes) is 3. The molecule has 0 fully saturated rings. The lowest BCUT2D eigenvalue weighted by Gasteiger charge is -2.49. The van der Waals surface area contributed by atoms with Crippen molar-refractivity contribution in [3.05, 3.63) is 48.6 Å². The standard InChI is InChI=1S/C42H72N2O11/c1-27-38(51-2)17-16-36(40(27)53-4)43(35-15-18-39(52-3)33(26-50)32(35)25-49)19-9-7-8-10-20-44(34-13-11-28(21-45)30(23-47)31(34)24-48)37-14-12-29(22-46)41(54-5)42(37)55-6/h11-18,27-42,45-50H,7-10,19-26H2,1-6H3/t27-,28+,29+,30-,31+,32+,33+,34+,35+,36+,37+,38-,39-,40+,41-,42-/m1/s1. The van der Waals surface area contributed by atoms with E-state index >= 15 is 0 Å². The quantitative estimate of drug-likeness (QED) is 0.0686. The summed E-state index contributed by atoms with van der Waals surface area (Å²) >= 11 is 0. The Hall–Kier alpha value is -1.56. The van der Waals surface area contributed by atoms with E-state index in [1.54, 1.807) is 35.5 Å². The van der Waals surface area contributed by atoms with Gasteiger partial charge in [0.15, 0.2) is 0 Å². The Morgan fingerprint density at radius 1 is 0.400 bits per heavy atom. The van der Waals surface area contributed by atoms with Crippen molar-refractivity contribution in [2.24, 2.45) is 41.4 Å². The van der Waals surface area contributed by atoms with E-state index < -0.39 is 0 Å². The molecule has 55 heavy (non-hydrogen) atoms. The SMILES string of the molecule is CO[C@H]1[C@H](OC)[C@@H](N(CCCCCCN([C@H]2C=C[C@@H](OC)[C@@H](CO)[C@@H]2CO)[C@H]2C=C[C@@H](OC)[C@@H](C)[C@@H]2OC)[C@H]2C=C[C@@H](CO)[C@@H](CO)[C@@H]2CO)C=C[C@H]1CO. The van der Waals surface area contributed by atoms with E-state index in [0.717, 1.165) is 32.2 Å². The fourth-order valence-electron chi connectivity index (χ4n) is 10.1. The van der Waals surface area contributed by atoms with Crippen LogP contribution in [-0.2, 0) is 23.7 Å². The third-order valence-corrected chi connectivity index (χ3v) is 13.3. The van der Waals surface area contributed by atoms with Gasteiger partial charge < -0.3 is 54.3 Å². The van der Waals surface area contributed by atoms with Gasteiger partial charge in [-0.2, -0.15) is 0 Å². The number of hydrogen-bond donors (Lipinski definition) is 6. The molecule has 316 valence electrons. The number of ether oxygens (including phenoxy) is 5. The molecule has 0 aliphatic heterocycles. The van der Waals surface area contributed by atoms with Crippen molar-refractivity contribution >= 4 is 0 Å². The summed E-state index contributed by atoms with van der Waals surface area (Å²) < 4.78 is 29.5. The summed E-state index contributed by atoms with van der Waals surface area (Å²) in [6, 6.07) is -0.645. The topological polar surface area (TPSA) is 174 Å². The molecule has 0 bridgehead atoms. The first kappa shape index (κ1) is 46.1. The maximum Gasteiger partial charge on any atom is 0.103 e. The van der Waals surface area contributed by atoms with Crippen LogP contribution in [0.2, 0.25) is 0 Å². The molecule has 0 amide bonds. The van der Waals surface area contributed by atoms with Crippen molar-refractivity contribution in [1.82, 2.24) is 9.80 Å². The van der Waals surface area contributed by atoms with Crippen LogP contribution in [0.4, 0.5) is 0 Å². The van der Waals surface area contributed by atoms with Crippen LogP contribution in [0.15, 0.2) is 48.6 Å². The first-order valence-electron chi connectivity index (χ1n) is 20.3. The number of aliphatic hydroxyl groups excluding tert-OH is 6. The first-order chi connectivity index (χ1) is 26.8. The van der Waals surface area contributed by atoms with Gasteiger partial charge in [-0.1, -0.05) is 68.4 Å². The largest absolute Gasteiger partial charge is 0.396 e. The highest BCUT2D eigenvalue weighted by Gasteiger charge is 2.46. The smallest absolute Gasteiger partial charge is 0.103 e. The Balaban J connectivity index is 1.55. The highest BCUT2D eigenvalue weighted by atomic mass is 16.5. The van der Waals surface area contributed by atoms with Gasteiger partial charge in [0.1, 0.15) is 6.10 Å². The number of nitrogens with zero attached hydrogens (tertiary/aromatic N) is 2. The summed E-state index contributed by atoms with van der Waals surface area (Å²) in [5, 5.41) is 62.4. The minimum Gasteiger partial charge on any atom is -0.396 e. The van der Waals surface area contributed by atoms with Crippen molar-refractivity contribution in [2.75, 3.05) is 88.3 Å². The van der Waals surface area contributed by atoms with E-state index in [1.165, 1.54) is 0 Å². The van der Waals surface area contributed by atoms with Gasteiger partial charge in [0, 0.05) is 116 Å². The maximum absolute atomic E-state index is 10.7. The molecular formula is C42H72N2O11. The lowest BCUT2D eigenvalue weighted by atomic mass is 9.73. The van der Waals surface area contributed by atoms with Gasteiger partial charge in [0.2, 0.25) is 0 Å². The number of rotatable bonds is 22. The molecule has 6 N–H and O–H groups in total. The zero-order chi connectivity index (χ0) is 40.1. The summed E-state index contributed by atoms with van der Waals surface area (Å²) in [6.45, 7) is 2.94. The molecule has 0 unspecified atom stereocenters. The predicted molar refractivity (Wildman–Crippen MR) is 210 cm³/mol. The van der Waals surface area contributed by atoms with Crippen LogP contribution in [0, 0.1) is 41.4 Å². The monoisotopic (exact) mass is 781 g/mol. The van der Waals surface area contributed by atoms with Crippen LogP contribution in [0.25, 0.3) is 0 Å². The molecule has 0 radical (unpaired) electrons. The number of hydrogen-bond acceptors (Lipinski definition) is 13. The predicted octanol–water partition coefficient (Wildman–Crippen LogP) is 1.27. The minimum atomic E-state index is -0.377. The summed E-state index contributed by atoms with van der Waals surface area (Å²) in [6.07, 6.45) is 18.9. The van der Waals surface area contributed by atoms with E-state index in [2.05, 4.69) is 47.1 Å². The zero-order valence-electron chi connectivity index (χ0n) is 34.0. The Kier molecular flexibility index (Phi) is 19.4. The summed E-state index contributed by atoms with van der Waals surface area (Å²) in [5.74, 6) is -1.44. The van der Waals surface area contributed by atoms with E-state index in [-0.39, 0.29) is 136 Å². The second kappa shape index (κ2) is 23.1. The van der Waals surface area contributed by atoms with E-state index in [4.69, 9.17) is 23.7 Å². The summed E-state index contributed by atoms with van der Waals surface area (Å²) in [5.41, 5.74) is 0. The van der Waals surface area contributed by atoms with E-state index in [9.17, 15) is 30.6 Å². The molecule has 0 aromatic carbocycles. The van der Waals surface area contributed by atoms with Gasteiger partial charge in [-0.25, -0.2) is 0 Å².